The number of aliphatic hydroxyl groups is 1. The predicted octanol–water partition coefficient (Wildman–Crippen LogP) is 2.80. The van der Waals surface area contributed by atoms with Crippen molar-refractivity contribution in [2.24, 2.45) is 0 Å². The summed E-state index contributed by atoms with van der Waals surface area (Å²) in [6.45, 7) is 6.83. The third-order valence-electron chi connectivity index (χ3n) is 4.24. The van der Waals surface area contributed by atoms with Crippen LogP contribution in [0.5, 0.6) is 0 Å². The largest absolute Gasteiger partial charge is 0.389 e. The summed E-state index contributed by atoms with van der Waals surface area (Å²) in [6, 6.07) is 5.39. The van der Waals surface area contributed by atoms with Gasteiger partial charge in [-0.1, -0.05) is 19.1 Å². The third-order valence-corrected chi connectivity index (χ3v) is 4.24. The lowest BCUT2D eigenvalue weighted by atomic mass is 10.1. The van der Waals surface area contributed by atoms with Gasteiger partial charge in [0, 0.05) is 25.2 Å². The zero-order valence-electron chi connectivity index (χ0n) is 12.6. The first kappa shape index (κ1) is 15.3. The quantitative estimate of drug-likeness (QED) is 0.898. The Labute approximate surface area is 121 Å². The molecule has 1 aromatic rings. The van der Waals surface area contributed by atoms with Gasteiger partial charge in [0.25, 0.3) is 0 Å². The number of benzene rings is 1. The Morgan fingerprint density at radius 3 is 2.90 bits per heavy atom. The zero-order valence-corrected chi connectivity index (χ0v) is 12.6. The number of hydrogen-bond acceptors (Lipinski definition) is 3. The molecule has 2 unspecified atom stereocenters. The van der Waals surface area contributed by atoms with Crippen molar-refractivity contribution in [2.75, 3.05) is 31.6 Å². The highest BCUT2D eigenvalue weighted by Gasteiger charge is 2.26. The first-order valence-corrected chi connectivity index (χ1v) is 7.46. The van der Waals surface area contributed by atoms with Crippen molar-refractivity contribution in [3.05, 3.63) is 29.6 Å². The summed E-state index contributed by atoms with van der Waals surface area (Å²) in [5.74, 6) is -0.257. The number of hydrogen-bond donors (Lipinski definition) is 1. The van der Waals surface area contributed by atoms with Crippen LogP contribution in [0.4, 0.5) is 10.1 Å². The summed E-state index contributed by atoms with van der Waals surface area (Å²) in [4.78, 5) is 4.40. The van der Waals surface area contributed by atoms with E-state index >= 15 is 0 Å². The van der Waals surface area contributed by atoms with Gasteiger partial charge in [0.15, 0.2) is 0 Å². The lowest BCUT2D eigenvalue weighted by molar-refractivity contribution is 0.199. The molecule has 1 N–H and O–H groups in total. The van der Waals surface area contributed by atoms with Gasteiger partial charge in [-0.15, -0.1) is 0 Å². The maximum absolute atomic E-state index is 14.1. The number of halogens is 1. The molecule has 0 radical (unpaired) electrons. The van der Waals surface area contributed by atoms with Crippen molar-refractivity contribution in [3.63, 3.8) is 0 Å². The molecule has 1 aliphatic rings. The number of likely N-dealkylation sites (tertiary alicyclic amines) is 1. The zero-order chi connectivity index (χ0) is 14.7. The number of rotatable bonds is 5. The lowest BCUT2D eigenvalue weighted by Crippen LogP contribution is -2.39. The second-order valence-electron chi connectivity index (χ2n) is 5.66. The Morgan fingerprint density at radius 2 is 2.25 bits per heavy atom. The molecule has 3 nitrogen and oxygen atoms in total. The van der Waals surface area contributed by atoms with E-state index in [-0.39, 0.29) is 5.82 Å². The number of anilines is 1. The lowest BCUT2D eigenvalue weighted by Gasteiger charge is -2.30. The summed E-state index contributed by atoms with van der Waals surface area (Å²) < 4.78 is 14.1. The van der Waals surface area contributed by atoms with Gasteiger partial charge < -0.3 is 10.0 Å². The smallest absolute Gasteiger partial charge is 0.146 e. The molecule has 20 heavy (non-hydrogen) atoms. The molecule has 112 valence electrons. The molecule has 1 heterocycles. The standard InChI is InChI=1S/C16H25FN2O/c1-4-19-10-6-7-13(19)11-18(3)16-14(12(2)20)8-5-9-15(16)17/h5,8-9,12-13,20H,4,6-7,10-11H2,1-3H3. The summed E-state index contributed by atoms with van der Waals surface area (Å²) >= 11 is 0. The van der Waals surface area contributed by atoms with Gasteiger partial charge in [-0.2, -0.15) is 0 Å². The molecule has 1 aromatic carbocycles. The van der Waals surface area contributed by atoms with E-state index in [2.05, 4.69) is 11.8 Å². The van der Waals surface area contributed by atoms with Crippen LogP contribution in [0.2, 0.25) is 0 Å². The summed E-state index contributed by atoms with van der Waals surface area (Å²) in [5, 5.41) is 9.83. The highest BCUT2D eigenvalue weighted by atomic mass is 19.1. The van der Waals surface area contributed by atoms with E-state index in [0.29, 0.717) is 17.3 Å². The van der Waals surface area contributed by atoms with Gasteiger partial charge in [-0.3, -0.25) is 4.90 Å². The molecular formula is C16H25FN2O. The van der Waals surface area contributed by atoms with Crippen LogP contribution in [-0.4, -0.2) is 42.7 Å². The molecular weight excluding hydrogens is 255 g/mol. The molecule has 0 amide bonds. The fraction of sp³-hybridized carbons (Fsp3) is 0.625. The van der Waals surface area contributed by atoms with Crippen molar-refractivity contribution >= 4 is 5.69 Å². The fourth-order valence-electron chi connectivity index (χ4n) is 3.20. The highest BCUT2D eigenvalue weighted by molar-refractivity contribution is 5.55. The number of nitrogens with zero attached hydrogens (tertiary/aromatic N) is 2. The Hall–Kier alpha value is -1.13. The Morgan fingerprint density at radius 1 is 1.50 bits per heavy atom. The number of para-hydroxylation sites is 1. The van der Waals surface area contributed by atoms with Crippen LogP contribution in [0.25, 0.3) is 0 Å². The van der Waals surface area contributed by atoms with E-state index in [4.69, 9.17) is 0 Å². The summed E-state index contributed by atoms with van der Waals surface area (Å²) in [7, 11) is 1.91. The Balaban J connectivity index is 2.18. The molecule has 1 saturated heterocycles. The van der Waals surface area contributed by atoms with Gasteiger partial charge in [-0.25, -0.2) is 4.39 Å². The van der Waals surface area contributed by atoms with E-state index in [9.17, 15) is 9.50 Å². The van der Waals surface area contributed by atoms with E-state index in [0.717, 1.165) is 26.1 Å². The van der Waals surface area contributed by atoms with Crippen molar-refractivity contribution < 1.29 is 9.50 Å². The molecule has 2 rings (SSSR count). The topological polar surface area (TPSA) is 26.7 Å². The third kappa shape index (κ3) is 3.13. The molecule has 1 fully saturated rings. The van der Waals surface area contributed by atoms with E-state index in [1.54, 1.807) is 19.1 Å². The minimum atomic E-state index is -0.658. The van der Waals surface area contributed by atoms with Gasteiger partial charge in [0.2, 0.25) is 0 Å². The summed E-state index contributed by atoms with van der Waals surface area (Å²) in [5.41, 5.74) is 1.19. The van der Waals surface area contributed by atoms with E-state index in [1.807, 2.05) is 11.9 Å². The van der Waals surface area contributed by atoms with Gasteiger partial charge in [0.1, 0.15) is 5.82 Å². The van der Waals surface area contributed by atoms with Crippen LogP contribution < -0.4 is 4.90 Å². The van der Waals surface area contributed by atoms with Gasteiger partial charge in [-0.05, 0) is 38.9 Å². The average Bonchev–Trinajstić information content (AvgIpc) is 2.85. The molecule has 0 bridgehead atoms. The van der Waals surface area contributed by atoms with Crippen LogP contribution in [0, 0.1) is 5.82 Å². The van der Waals surface area contributed by atoms with Gasteiger partial charge >= 0.3 is 0 Å². The van der Waals surface area contributed by atoms with Crippen LogP contribution in [0.15, 0.2) is 18.2 Å². The van der Waals surface area contributed by atoms with E-state index < -0.39 is 6.10 Å². The number of likely N-dealkylation sites (N-methyl/N-ethyl adjacent to an activating group) is 2. The molecule has 0 aromatic heterocycles. The monoisotopic (exact) mass is 280 g/mol. The van der Waals surface area contributed by atoms with Crippen molar-refractivity contribution in [1.82, 2.24) is 4.90 Å². The van der Waals surface area contributed by atoms with Crippen molar-refractivity contribution in [2.45, 2.75) is 38.8 Å². The van der Waals surface area contributed by atoms with Crippen LogP contribution in [-0.2, 0) is 0 Å². The molecule has 0 aliphatic carbocycles. The number of aliphatic hydroxyl groups excluding tert-OH is 1. The van der Waals surface area contributed by atoms with Crippen molar-refractivity contribution in [1.29, 1.82) is 0 Å². The van der Waals surface area contributed by atoms with E-state index in [1.165, 1.54) is 12.5 Å². The average molecular weight is 280 g/mol. The van der Waals surface area contributed by atoms with Gasteiger partial charge in [0.05, 0.1) is 11.8 Å². The van der Waals surface area contributed by atoms with Crippen LogP contribution >= 0.6 is 0 Å². The fourth-order valence-corrected chi connectivity index (χ4v) is 3.20. The summed E-state index contributed by atoms with van der Waals surface area (Å²) in [6.07, 6.45) is 1.72. The minimum absolute atomic E-state index is 0.257. The molecule has 0 saturated carbocycles. The second-order valence-corrected chi connectivity index (χ2v) is 5.66. The SMILES string of the molecule is CCN1CCCC1CN(C)c1c(F)cccc1C(C)O. The van der Waals surface area contributed by atoms with Crippen molar-refractivity contribution in [3.8, 4) is 0 Å². The minimum Gasteiger partial charge on any atom is -0.389 e. The van der Waals surface area contributed by atoms with Crippen LogP contribution in [0.3, 0.4) is 0 Å². The predicted molar refractivity (Wildman–Crippen MR) is 80.6 cm³/mol. The molecule has 1 aliphatic heterocycles. The molecule has 2 atom stereocenters. The molecule has 4 heteroatoms. The second kappa shape index (κ2) is 6.55. The Bertz CT molecular complexity index is 450. The van der Waals surface area contributed by atoms with Crippen LogP contribution in [0.1, 0.15) is 38.4 Å². The Kier molecular flexibility index (Phi) is 5.00. The maximum Gasteiger partial charge on any atom is 0.146 e. The maximum atomic E-state index is 14.1. The first-order valence-electron chi connectivity index (χ1n) is 7.46. The highest BCUT2D eigenvalue weighted by Crippen LogP contribution is 2.30. The molecule has 0 spiro atoms. The normalized spacial score (nSPS) is 21.1. The first-order chi connectivity index (χ1) is 9.54.